The van der Waals surface area contributed by atoms with Crippen LogP contribution in [0.15, 0.2) is 0 Å². The molecular formula is C15H28N2O3. The van der Waals surface area contributed by atoms with Gasteiger partial charge in [0.2, 0.25) is 0 Å². The van der Waals surface area contributed by atoms with Crippen LogP contribution < -0.4 is 5.32 Å². The molecular weight excluding hydrogens is 256 g/mol. The molecule has 1 N–H and O–H groups in total. The third-order valence-electron chi connectivity index (χ3n) is 5.01. The second-order valence-electron chi connectivity index (χ2n) is 6.18. The standard InChI is InChI=1S/C15H28N2O3/c1-16-15(14(18)20-3)7-6-13(9-15)17-8-4-5-12(10-17)11-19-2/h12-13,16H,4-11H2,1-3H3. The predicted molar refractivity (Wildman–Crippen MR) is 77.6 cm³/mol. The summed E-state index contributed by atoms with van der Waals surface area (Å²) in [6.07, 6.45) is 5.28. The van der Waals surface area contributed by atoms with Gasteiger partial charge in [-0.2, -0.15) is 0 Å². The summed E-state index contributed by atoms with van der Waals surface area (Å²) in [6.45, 7) is 3.09. The van der Waals surface area contributed by atoms with E-state index in [1.807, 2.05) is 7.05 Å². The average Bonchev–Trinajstić information content (AvgIpc) is 2.93. The molecule has 1 heterocycles. The van der Waals surface area contributed by atoms with Crippen molar-refractivity contribution in [1.29, 1.82) is 0 Å². The third-order valence-corrected chi connectivity index (χ3v) is 5.01. The molecule has 0 spiro atoms. The summed E-state index contributed by atoms with van der Waals surface area (Å²) in [5.41, 5.74) is -0.479. The highest BCUT2D eigenvalue weighted by Crippen LogP contribution is 2.35. The van der Waals surface area contributed by atoms with Gasteiger partial charge in [0.1, 0.15) is 5.54 Å². The van der Waals surface area contributed by atoms with Crippen molar-refractivity contribution >= 4 is 5.97 Å². The Morgan fingerprint density at radius 3 is 2.85 bits per heavy atom. The summed E-state index contributed by atoms with van der Waals surface area (Å²) in [4.78, 5) is 14.6. The van der Waals surface area contributed by atoms with Crippen molar-refractivity contribution in [2.45, 2.75) is 43.7 Å². The van der Waals surface area contributed by atoms with Gasteiger partial charge in [-0.25, -0.2) is 0 Å². The first-order valence-corrected chi connectivity index (χ1v) is 7.65. The van der Waals surface area contributed by atoms with Gasteiger partial charge in [-0.15, -0.1) is 0 Å². The molecule has 1 saturated carbocycles. The van der Waals surface area contributed by atoms with Crippen molar-refractivity contribution in [3.63, 3.8) is 0 Å². The maximum absolute atomic E-state index is 12.0. The number of methoxy groups -OCH3 is 2. The van der Waals surface area contributed by atoms with Crippen LogP contribution in [0, 0.1) is 5.92 Å². The molecule has 1 saturated heterocycles. The van der Waals surface area contributed by atoms with Crippen LogP contribution in [-0.2, 0) is 14.3 Å². The lowest BCUT2D eigenvalue weighted by molar-refractivity contribution is -0.148. The van der Waals surface area contributed by atoms with Crippen LogP contribution in [-0.4, -0.2) is 63.4 Å². The summed E-state index contributed by atoms with van der Waals surface area (Å²) < 4.78 is 10.3. The highest BCUT2D eigenvalue weighted by atomic mass is 16.5. The second-order valence-corrected chi connectivity index (χ2v) is 6.18. The SMILES string of the molecule is CNC1(C(=O)OC)CCC(N2CCCC(COC)C2)C1. The lowest BCUT2D eigenvalue weighted by atomic mass is 9.95. The normalized spacial score (nSPS) is 35.1. The number of nitrogens with one attached hydrogen (secondary N) is 1. The number of esters is 1. The molecule has 0 bridgehead atoms. The predicted octanol–water partition coefficient (Wildman–Crippen LogP) is 1.03. The zero-order valence-corrected chi connectivity index (χ0v) is 13.0. The Kier molecular flexibility index (Phi) is 5.41. The number of likely N-dealkylation sites (N-methyl/N-ethyl adjacent to an activating group) is 1. The summed E-state index contributed by atoms with van der Waals surface area (Å²) in [5, 5.41) is 3.21. The zero-order chi connectivity index (χ0) is 14.6. The van der Waals surface area contributed by atoms with Gasteiger partial charge in [0, 0.05) is 19.7 Å². The van der Waals surface area contributed by atoms with E-state index in [4.69, 9.17) is 9.47 Å². The molecule has 3 atom stereocenters. The summed E-state index contributed by atoms with van der Waals surface area (Å²) in [5.74, 6) is 0.518. The van der Waals surface area contributed by atoms with E-state index in [-0.39, 0.29) is 5.97 Å². The van der Waals surface area contributed by atoms with Crippen LogP contribution in [0.4, 0.5) is 0 Å². The Morgan fingerprint density at radius 1 is 1.40 bits per heavy atom. The maximum Gasteiger partial charge on any atom is 0.326 e. The minimum Gasteiger partial charge on any atom is -0.468 e. The third kappa shape index (κ3) is 3.15. The molecule has 1 aliphatic heterocycles. The van der Waals surface area contributed by atoms with Crippen LogP contribution >= 0.6 is 0 Å². The van der Waals surface area contributed by atoms with Gasteiger partial charge in [-0.3, -0.25) is 9.69 Å². The van der Waals surface area contributed by atoms with Gasteiger partial charge in [-0.1, -0.05) is 0 Å². The Bertz CT molecular complexity index is 335. The van der Waals surface area contributed by atoms with Crippen molar-refractivity contribution in [2.75, 3.05) is 41.0 Å². The van der Waals surface area contributed by atoms with Crippen LogP contribution in [0.2, 0.25) is 0 Å². The van der Waals surface area contributed by atoms with Crippen molar-refractivity contribution < 1.29 is 14.3 Å². The number of carbonyl (C=O) groups is 1. The topological polar surface area (TPSA) is 50.8 Å². The van der Waals surface area contributed by atoms with E-state index in [9.17, 15) is 4.79 Å². The highest BCUT2D eigenvalue weighted by molar-refractivity contribution is 5.81. The van der Waals surface area contributed by atoms with Crippen molar-refractivity contribution in [2.24, 2.45) is 5.92 Å². The smallest absolute Gasteiger partial charge is 0.326 e. The average molecular weight is 284 g/mol. The fourth-order valence-electron chi connectivity index (χ4n) is 3.84. The molecule has 0 aromatic carbocycles. The molecule has 2 fully saturated rings. The molecule has 0 aromatic rings. The number of ether oxygens (including phenoxy) is 2. The van der Waals surface area contributed by atoms with E-state index in [2.05, 4.69) is 10.2 Å². The van der Waals surface area contributed by atoms with Gasteiger partial charge < -0.3 is 14.8 Å². The van der Waals surface area contributed by atoms with Crippen molar-refractivity contribution in [3.05, 3.63) is 0 Å². The van der Waals surface area contributed by atoms with Crippen molar-refractivity contribution in [1.82, 2.24) is 10.2 Å². The van der Waals surface area contributed by atoms with Gasteiger partial charge >= 0.3 is 5.97 Å². The molecule has 2 aliphatic rings. The molecule has 2 rings (SSSR count). The summed E-state index contributed by atoms with van der Waals surface area (Å²) in [7, 11) is 5.12. The van der Waals surface area contributed by atoms with E-state index in [1.54, 1.807) is 7.11 Å². The monoisotopic (exact) mass is 284 g/mol. The van der Waals surface area contributed by atoms with Gasteiger partial charge in [0.25, 0.3) is 0 Å². The molecule has 116 valence electrons. The van der Waals surface area contributed by atoms with Crippen LogP contribution in [0.3, 0.4) is 0 Å². The molecule has 5 heteroatoms. The number of nitrogens with zero attached hydrogens (tertiary/aromatic N) is 1. The second kappa shape index (κ2) is 6.87. The molecule has 5 nitrogen and oxygen atoms in total. The van der Waals surface area contributed by atoms with Gasteiger partial charge in [0.15, 0.2) is 0 Å². The Balaban J connectivity index is 1.96. The number of piperidine rings is 1. The molecule has 20 heavy (non-hydrogen) atoms. The Hall–Kier alpha value is -0.650. The van der Waals surface area contributed by atoms with Crippen LogP contribution in [0.5, 0.6) is 0 Å². The molecule has 0 radical (unpaired) electrons. The lowest BCUT2D eigenvalue weighted by Crippen LogP contribution is -2.51. The number of hydrogen-bond acceptors (Lipinski definition) is 5. The highest BCUT2D eigenvalue weighted by Gasteiger charge is 2.47. The van der Waals surface area contributed by atoms with E-state index in [1.165, 1.54) is 20.0 Å². The van der Waals surface area contributed by atoms with Crippen molar-refractivity contribution in [3.8, 4) is 0 Å². The number of hydrogen-bond donors (Lipinski definition) is 1. The maximum atomic E-state index is 12.0. The van der Waals surface area contributed by atoms with Gasteiger partial charge in [0.05, 0.1) is 13.7 Å². The first-order chi connectivity index (χ1) is 9.65. The van der Waals surface area contributed by atoms with E-state index in [0.29, 0.717) is 12.0 Å². The van der Waals surface area contributed by atoms with Gasteiger partial charge in [-0.05, 0) is 51.6 Å². The Labute approximate surface area is 122 Å². The number of carbonyl (C=O) groups excluding carboxylic acids is 1. The fraction of sp³-hybridized carbons (Fsp3) is 0.933. The van der Waals surface area contributed by atoms with E-state index >= 15 is 0 Å². The Morgan fingerprint density at radius 2 is 2.20 bits per heavy atom. The fourth-order valence-corrected chi connectivity index (χ4v) is 3.84. The quantitative estimate of drug-likeness (QED) is 0.764. The van der Waals surface area contributed by atoms with E-state index < -0.39 is 5.54 Å². The number of rotatable bonds is 5. The number of likely N-dealkylation sites (tertiary alicyclic amines) is 1. The largest absolute Gasteiger partial charge is 0.468 e. The molecule has 0 aromatic heterocycles. The summed E-state index contributed by atoms with van der Waals surface area (Å²) >= 11 is 0. The minimum atomic E-state index is -0.479. The lowest BCUT2D eigenvalue weighted by Gasteiger charge is -2.37. The first-order valence-electron chi connectivity index (χ1n) is 7.65. The molecule has 0 amide bonds. The van der Waals surface area contributed by atoms with Crippen LogP contribution in [0.25, 0.3) is 0 Å². The zero-order valence-electron chi connectivity index (χ0n) is 13.0. The first kappa shape index (κ1) is 15.7. The van der Waals surface area contributed by atoms with E-state index in [0.717, 1.165) is 39.0 Å². The minimum absolute atomic E-state index is 0.118. The molecule has 3 unspecified atom stereocenters. The summed E-state index contributed by atoms with van der Waals surface area (Å²) in [6, 6.07) is 0.487. The van der Waals surface area contributed by atoms with Crippen LogP contribution in [0.1, 0.15) is 32.1 Å². The molecule has 1 aliphatic carbocycles.